The van der Waals surface area contributed by atoms with Crippen molar-refractivity contribution in [2.24, 2.45) is 0 Å². The third kappa shape index (κ3) is 2.84. The maximum Gasteiger partial charge on any atom is 0.147 e. The van der Waals surface area contributed by atoms with Gasteiger partial charge in [-0.25, -0.2) is 4.98 Å². The molecular formula is C17H21N3O. The number of benzene rings is 1. The second-order valence-electron chi connectivity index (χ2n) is 5.73. The maximum atomic E-state index is 5.23. The van der Waals surface area contributed by atoms with Gasteiger partial charge in [0.25, 0.3) is 0 Å². The molecule has 0 aliphatic carbocycles. The summed E-state index contributed by atoms with van der Waals surface area (Å²) in [4.78, 5) is 11.2. The minimum atomic E-state index is 0.480. The quantitative estimate of drug-likeness (QED) is 0.867. The van der Waals surface area contributed by atoms with Crippen molar-refractivity contribution in [3.05, 3.63) is 47.9 Å². The van der Waals surface area contributed by atoms with Crippen LogP contribution < -0.4 is 9.64 Å². The number of aromatic nitrogens is 2. The van der Waals surface area contributed by atoms with Gasteiger partial charge in [0.05, 0.1) is 19.0 Å². The second-order valence-corrected chi connectivity index (χ2v) is 5.73. The molecule has 2 unspecified atom stereocenters. The largest absolute Gasteiger partial charge is 0.497 e. The number of methoxy groups -OCH3 is 1. The Labute approximate surface area is 125 Å². The van der Waals surface area contributed by atoms with Gasteiger partial charge in [-0.15, -0.1) is 0 Å². The molecule has 1 aromatic heterocycles. The zero-order chi connectivity index (χ0) is 14.8. The smallest absolute Gasteiger partial charge is 0.147 e. The summed E-state index contributed by atoms with van der Waals surface area (Å²) < 4.78 is 5.23. The highest BCUT2D eigenvalue weighted by molar-refractivity contribution is 5.42. The van der Waals surface area contributed by atoms with E-state index in [0.29, 0.717) is 12.0 Å². The highest BCUT2D eigenvalue weighted by Crippen LogP contribution is 2.34. The third-order valence-corrected chi connectivity index (χ3v) is 4.20. The first-order valence-electron chi connectivity index (χ1n) is 7.36. The molecule has 2 aromatic rings. The SMILES string of the molecule is COc1ccc(C2CC(C)N(c3cncc(C)n3)C2)cc1. The van der Waals surface area contributed by atoms with Crippen LogP contribution in [0, 0.1) is 6.92 Å². The number of ether oxygens (including phenoxy) is 1. The van der Waals surface area contributed by atoms with Crippen molar-refractivity contribution in [2.45, 2.75) is 32.2 Å². The summed E-state index contributed by atoms with van der Waals surface area (Å²) in [5.74, 6) is 2.43. The van der Waals surface area contributed by atoms with Gasteiger partial charge < -0.3 is 9.64 Å². The Morgan fingerprint density at radius 3 is 2.62 bits per heavy atom. The Morgan fingerprint density at radius 2 is 1.95 bits per heavy atom. The van der Waals surface area contributed by atoms with Crippen LogP contribution in [0.3, 0.4) is 0 Å². The first-order chi connectivity index (χ1) is 10.2. The minimum Gasteiger partial charge on any atom is -0.497 e. The van der Waals surface area contributed by atoms with Crippen molar-refractivity contribution in [1.29, 1.82) is 0 Å². The molecule has 0 radical (unpaired) electrons. The van der Waals surface area contributed by atoms with E-state index >= 15 is 0 Å². The van der Waals surface area contributed by atoms with Crippen molar-refractivity contribution < 1.29 is 4.74 Å². The fourth-order valence-corrected chi connectivity index (χ4v) is 3.06. The molecule has 4 heteroatoms. The fraction of sp³-hybridized carbons (Fsp3) is 0.412. The normalized spacial score (nSPS) is 21.6. The van der Waals surface area contributed by atoms with E-state index in [1.807, 2.05) is 25.3 Å². The van der Waals surface area contributed by atoms with Crippen molar-refractivity contribution in [2.75, 3.05) is 18.6 Å². The third-order valence-electron chi connectivity index (χ3n) is 4.20. The maximum absolute atomic E-state index is 5.23. The van der Waals surface area contributed by atoms with Gasteiger partial charge in [0, 0.05) is 24.7 Å². The Morgan fingerprint density at radius 1 is 1.19 bits per heavy atom. The van der Waals surface area contributed by atoms with Crippen molar-refractivity contribution in [1.82, 2.24) is 9.97 Å². The molecule has 0 bridgehead atoms. The summed E-state index contributed by atoms with van der Waals surface area (Å²) in [6.07, 6.45) is 4.80. The number of hydrogen-bond donors (Lipinski definition) is 0. The summed E-state index contributed by atoms with van der Waals surface area (Å²) in [6, 6.07) is 8.89. The van der Waals surface area contributed by atoms with Gasteiger partial charge in [0.1, 0.15) is 11.6 Å². The summed E-state index contributed by atoms with van der Waals surface area (Å²) in [6.45, 7) is 5.23. The predicted octanol–water partition coefficient (Wildman–Crippen LogP) is 3.18. The first kappa shape index (κ1) is 13.9. The molecule has 3 rings (SSSR count). The molecule has 0 saturated carbocycles. The summed E-state index contributed by atoms with van der Waals surface area (Å²) in [5, 5.41) is 0. The number of anilines is 1. The molecule has 1 saturated heterocycles. The van der Waals surface area contributed by atoms with Gasteiger partial charge in [0.2, 0.25) is 0 Å². The molecule has 1 fully saturated rings. The van der Waals surface area contributed by atoms with Crippen LogP contribution in [-0.4, -0.2) is 29.7 Å². The minimum absolute atomic E-state index is 0.480. The van der Waals surface area contributed by atoms with E-state index in [9.17, 15) is 0 Å². The number of aryl methyl sites for hydroxylation is 1. The molecule has 1 aromatic carbocycles. The molecule has 2 heterocycles. The molecule has 1 aliphatic rings. The van der Waals surface area contributed by atoms with E-state index in [2.05, 4.69) is 33.9 Å². The van der Waals surface area contributed by atoms with Gasteiger partial charge >= 0.3 is 0 Å². The molecule has 2 atom stereocenters. The lowest BCUT2D eigenvalue weighted by atomic mass is 9.97. The molecular weight excluding hydrogens is 262 g/mol. The second kappa shape index (κ2) is 5.72. The highest BCUT2D eigenvalue weighted by Gasteiger charge is 2.31. The summed E-state index contributed by atoms with van der Waals surface area (Å²) in [5.41, 5.74) is 2.33. The molecule has 0 amide bonds. The van der Waals surface area contributed by atoms with Crippen LogP contribution in [0.4, 0.5) is 5.82 Å². The van der Waals surface area contributed by atoms with Crippen LogP contribution in [-0.2, 0) is 0 Å². The Kier molecular flexibility index (Phi) is 3.78. The molecule has 4 nitrogen and oxygen atoms in total. The molecule has 110 valence electrons. The average molecular weight is 283 g/mol. The Hall–Kier alpha value is -2.10. The lowest BCUT2D eigenvalue weighted by Gasteiger charge is -2.22. The van der Waals surface area contributed by atoms with Gasteiger partial charge in [-0.05, 0) is 38.0 Å². The van der Waals surface area contributed by atoms with Crippen LogP contribution in [0.25, 0.3) is 0 Å². The fourth-order valence-electron chi connectivity index (χ4n) is 3.06. The van der Waals surface area contributed by atoms with E-state index in [0.717, 1.165) is 30.2 Å². The van der Waals surface area contributed by atoms with E-state index < -0.39 is 0 Å². The number of rotatable bonds is 3. The molecule has 0 N–H and O–H groups in total. The monoisotopic (exact) mass is 283 g/mol. The van der Waals surface area contributed by atoms with Gasteiger partial charge in [0.15, 0.2) is 0 Å². The number of hydrogen-bond acceptors (Lipinski definition) is 4. The Bertz CT molecular complexity index is 612. The van der Waals surface area contributed by atoms with Crippen molar-refractivity contribution in [3.63, 3.8) is 0 Å². The summed E-state index contributed by atoms with van der Waals surface area (Å²) >= 11 is 0. The zero-order valence-electron chi connectivity index (χ0n) is 12.8. The van der Waals surface area contributed by atoms with E-state index in [-0.39, 0.29) is 0 Å². The standard InChI is InChI=1S/C17H21N3O/c1-12-9-18-10-17(19-12)20-11-15(8-13(20)2)14-4-6-16(21-3)7-5-14/h4-7,9-10,13,15H,8,11H2,1-3H3. The molecule has 1 aliphatic heterocycles. The number of nitrogens with zero attached hydrogens (tertiary/aromatic N) is 3. The van der Waals surface area contributed by atoms with Crippen LogP contribution in [0.15, 0.2) is 36.7 Å². The van der Waals surface area contributed by atoms with E-state index in [1.54, 1.807) is 13.3 Å². The van der Waals surface area contributed by atoms with Crippen LogP contribution in [0.2, 0.25) is 0 Å². The van der Waals surface area contributed by atoms with E-state index in [1.165, 1.54) is 5.56 Å². The predicted molar refractivity (Wildman–Crippen MR) is 83.9 cm³/mol. The van der Waals surface area contributed by atoms with Gasteiger partial charge in [-0.1, -0.05) is 12.1 Å². The average Bonchev–Trinajstić information content (AvgIpc) is 2.89. The lowest BCUT2D eigenvalue weighted by Crippen LogP contribution is -2.27. The van der Waals surface area contributed by atoms with Crippen LogP contribution >= 0.6 is 0 Å². The van der Waals surface area contributed by atoms with Crippen LogP contribution in [0.5, 0.6) is 5.75 Å². The first-order valence-corrected chi connectivity index (χ1v) is 7.36. The van der Waals surface area contributed by atoms with Crippen molar-refractivity contribution in [3.8, 4) is 5.75 Å². The molecule has 21 heavy (non-hydrogen) atoms. The topological polar surface area (TPSA) is 38.2 Å². The summed E-state index contributed by atoms with van der Waals surface area (Å²) in [7, 11) is 1.70. The van der Waals surface area contributed by atoms with Crippen molar-refractivity contribution >= 4 is 5.82 Å². The van der Waals surface area contributed by atoms with E-state index in [4.69, 9.17) is 4.74 Å². The zero-order valence-corrected chi connectivity index (χ0v) is 12.8. The van der Waals surface area contributed by atoms with Crippen LogP contribution in [0.1, 0.15) is 30.5 Å². The Balaban J connectivity index is 1.79. The molecule has 0 spiro atoms. The highest BCUT2D eigenvalue weighted by atomic mass is 16.5. The van der Waals surface area contributed by atoms with Gasteiger partial charge in [-0.2, -0.15) is 0 Å². The van der Waals surface area contributed by atoms with Gasteiger partial charge in [-0.3, -0.25) is 4.98 Å². The lowest BCUT2D eigenvalue weighted by molar-refractivity contribution is 0.414.